The summed E-state index contributed by atoms with van der Waals surface area (Å²) < 4.78 is 15.4. The normalized spacial score (nSPS) is 15.8. The fourth-order valence-corrected chi connectivity index (χ4v) is 3.98. The molecule has 0 spiro atoms. The minimum Gasteiger partial charge on any atom is -0.297 e. The second-order valence-corrected chi connectivity index (χ2v) is 7.57. The lowest BCUT2D eigenvalue weighted by Crippen LogP contribution is -2.33. The van der Waals surface area contributed by atoms with E-state index in [2.05, 4.69) is 16.0 Å². The highest BCUT2D eigenvalue weighted by Crippen LogP contribution is 2.27. The molecular formula is C23H22FN5. The molecule has 0 saturated carbocycles. The molecule has 29 heavy (non-hydrogen) atoms. The van der Waals surface area contributed by atoms with Crippen molar-refractivity contribution in [1.29, 1.82) is 0 Å². The summed E-state index contributed by atoms with van der Waals surface area (Å²) in [7, 11) is 0. The number of hydrogen-bond donors (Lipinski definition) is 0. The summed E-state index contributed by atoms with van der Waals surface area (Å²) in [6.07, 6.45) is 5.86. The first-order valence-corrected chi connectivity index (χ1v) is 9.99. The SMILES string of the molecule is Fc1cccc(-c2ccc3nc(C4CCN(Cc5ccccn5)CC4)nn3c2)c1. The van der Waals surface area contributed by atoms with Crippen LogP contribution >= 0.6 is 0 Å². The molecule has 0 radical (unpaired) electrons. The number of pyridine rings is 2. The van der Waals surface area contributed by atoms with Gasteiger partial charge in [-0.3, -0.25) is 9.88 Å². The number of benzene rings is 1. The second kappa shape index (κ2) is 7.72. The minimum absolute atomic E-state index is 0.237. The van der Waals surface area contributed by atoms with E-state index in [0.29, 0.717) is 5.92 Å². The topological polar surface area (TPSA) is 46.3 Å². The van der Waals surface area contributed by atoms with Gasteiger partial charge in [-0.1, -0.05) is 18.2 Å². The van der Waals surface area contributed by atoms with E-state index in [9.17, 15) is 4.39 Å². The highest BCUT2D eigenvalue weighted by Gasteiger charge is 2.24. The number of halogens is 1. The van der Waals surface area contributed by atoms with Crippen molar-refractivity contribution in [2.75, 3.05) is 13.1 Å². The van der Waals surface area contributed by atoms with Gasteiger partial charge in [-0.2, -0.15) is 5.10 Å². The van der Waals surface area contributed by atoms with Crippen molar-refractivity contribution in [2.45, 2.75) is 25.3 Å². The molecule has 1 aliphatic heterocycles. The zero-order chi connectivity index (χ0) is 19.6. The Labute approximate surface area is 168 Å². The van der Waals surface area contributed by atoms with Crippen molar-refractivity contribution in [1.82, 2.24) is 24.5 Å². The molecule has 1 fully saturated rings. The molecule has 146 valence electrons. The van der Waals surface area contributed by atoms with E-state index in [4.69, 9.17) is 10.1 Å². The van der Waals surface area contributed by atoms with Crippen LogP contribution in [0.1, 0.15) is 30.3 Å². The summed E-state index contributed by atoms with van der Waals surface area (Å²) in [4.78, 5) is 11.6. The lowest BCUT2D eigenvalue weighted by atomic mass is 9.96. The summed E-state index contributed by atoms with van der Waals surface area (Å²) in [5, 5.41) is 4.73. The van der Waals surface area contributed by atoms with Gasteiger partial charge in [0.15, 0.2) is 11.5 Å². The van der Waals surface area contributed by atoms with E-state index < -0.39 is 0 Å². The monoisotopic (exact) mass is 387 g/mol. The number of fused-ring (bicyclic) bond motifs is 1. The van der Waals surface area contributed by atoms with E-state index in [0.717, 1.165) is 60.8 Å². The van der Waals surface area contributed by atoms with E-state index in [-0.39, 0.29) is 5.82 Å². The van der Waals surface area contributed by atoms with Crippen LogP contribution in [0.4, 0.5) is 4.39 Å². The van der Waals surface area contributed by atoms with Crippen LogP contribution < -0.4 is 0 Å². The van der Waals surface area contributed by atoms with Crippen molar-refractivity contribution in [2.24, 2.45) is 0 Å². The smallest absolute Gasteiger partial charge is 0.155 e. The number of hydrogen-bond acceptors (Lipinski definition) is 4. The van der Waals surface area contributed by atoms with Crippen LogP contribution in [0.15, 0.2) is 67.0 Å². The maximum absolute atomic E-state index is 13.5. The molecule has 3 aromatic heterocycles. The molecule has 0 atom stereocenters. The zero-order valence-electron chi connectivity index (χ0n) is 16.1. The number of aromatic nitrogens is 4. The third kappa shape index (κ3) is 3.89. The average Bonchev–Trinajstić information content (AvgIpc) is 3.18. The van der Waals surface area contributed by atoms with E-state index in [1.165, 1.54) is 12.1 Å². The predicted molar refractivity (Wildman–Crippen MR) is 110 cm³/mol. The molecule has 1 saturated heterocycles. The molecule has 0 bridgehead atoms. The number of nitrogens with zero attached hydrogens (tertiary/aromatic N) is 5. The quantitative estimate of drug-likeness (QED) is 0.524. The molecule has 4 heterocycles. The number of piperidine rings is 1. The summed E-state index contributed by atoms with van der Waals surface area (Å²) in [6.45, 7) is 2.93. The Morgan fingerprint density at radius 2 is 1.86 bits per heavy atom. The Hall–Kier alpha value is -3.12. The molecule has 0 aliphatic carbocycles. The largest absolute Gasteiger partial charge is 0.297 e. The zero-order valence-corrected chi connectivity index (χ0v) is 16.1. The number of rotatable bonds is 4. The van der Waals surface area contributed by atoms with Crippen LogP contribution in [0.3, 0.4) is 0 Å². The van der Waals surface area contributed by atoms with Crippen LogP contribution in [0.2, 0.25) is 0 Å². The Morgan fingerprint density at radius 3 is 2.66 bits per heavy atom. The van der Waals surface area contributed by atoms with Crippen LogP contribution in [0, 0.1) is 5.82 Å². The molecule has 0 unspecified atom stereocenters. The fraction of sp³-hybridized carbons (Fsp3) is 0.261. The average molecular weight is 387 g/mol. The fourth-order valence-electron chi connectivity index (χ4n) is 3.98. The molecule has 0 N–H and O–H groups in total. The van der Waals surface area contributed by atoms with Crippen LogP contribution in [0.25, 0.3) is 16.8 Å². The van der Waals surface area contributed by atoms with Crippen molar-refractivity contribution < 1.29 is 4.39 Å². The Balaban J connectivity index is 1.30. The standard InChI is InChI=1S/C23H22FN5/c24-20-5-3-4-18(14-20)19-7-8-22-26-23(27-29(22)15-19)17-9-12-28(13-10-17)16-21-6-1-2-11-25-21/h1-8,11,14-15,17H,9-10,12-13,16H2. The van der Waals surface area contributed by atoms with E-state index in [1.54, 1.807) is 6.07 Å². The first-order chi connectivity index (χ1) is 14.2. The van der Waals surface area contributed by atoms with Crippen molar-refractivity contribution in [3.8, 4) is 11.1 Å². The van der Waals surface area contributed by atoms with Gasteiger partial charge in [-0.15, -0.1) is 0 Å². The van der Waals surface area contributed by atoms with Gasteiger partial charge in [0.05, 0.1) is 5.69 Å². The molecule has 6 heteroatoms. The first-order valence-electron chi connectivity index (χ1n) is 9.99. The summed E-state index contributed by atoms with van der Waals surface area (Å²) in [5.41, 5.74) is 3.71. The van der Waals surface area contributed by atoms with Gasteiger partial charge in [-0.05, 0) is 67.9 Å². The van der Waals surface area contributed by atoms with Gasteiger partial charge in [-0.25, -0.2) is 13.9 Å². The first kappa shape index (κ1) is 17.9. The Kier molecular flexibility index (Phi) is 4.77. The second-order valence-electron chi connectivity index (χ2n) is 7.57. The highest BCUT2D eigenvalue weighted by molar-refractivity contribution is 5.64. The van der Waals surface area contributed by atoms with Gasteiger partial charge < -0.3 is 0 Å². The molecule has 5 nitrogen and oxygen atoms in total. The van der Waals surface area contributed by atoms with Gasteiger partial charge in [0.25, 0.3) is 0 Å². The van der Waals surface area contributed by atoms with E-state index in [1.807, 2.05) is 47.2 Å². The molecule has 5 rings (SSSR count). The maximum atomic E-state index is 13.5. The van der Waals surface area contributed by atoms with Gasteiger partial charge >= 0.3 is 0 Å². The number of likely N-dealkylation sites (tertiary alicyclic amines) is 1. The maximum Gasteiger partial charge on any atom is 0.155 e. The third-order valence-electron chi connectivity index (χ3n) is 5.57. The Morgan fingerprint density at radius 1 is 0.966 bits per heavy atom. The van der Waals surface area contributed by atoms with Crippen molar-refractivity contribution in [3.05, 3.63) is 84.3 Å². The highest BCUT2D eigenvalue weighted by atomic mass is 19.1. The van der Waals surface area contributed by atoms with Crippen molar-refractivity contribution in [3.63, 3.8) is 0 Å². The summed E-state index contributed by atoms with van der Waals surface area (Å²) >= 11 is 0. The summed E-state index contributed by atoms with van der Waals surface area (Å²) in [6, 6.07) is 16.6. The molecule has 0 amide bonds. The van der Waals surface area contributed by atoms with Gasteiger partial charge in [0, 0.05) is 30.4 Å². The lowest BCUT2D eigenvalue weighted by Gasteiger charge is -2.30. The lowest BCUT2D eigenvalue weighted by molar-refractivity contribution is 0.200. The van der Waals surface area contributed by atoms with Crippen molar-refractivity contribution >= 4 is 5.65 Å². The van der Waals surface area contributed by atoms with Gasteiger partial charge in [0.2, 0.25) is 0 Å². The predicted octanol–water partition coefficient (Wildman–Crippen LogP) is 4.31. The molecule has 1 aromatic carbocycles. The van der Waals surface area contributed by atoms with Crippen LogP contribution in [-0.2, 0) is 6.54 Å². The molecular weight excluding hydrogens is 365 g/mol. The van der Waals surface area contributed by atoms with Crippen LogP contribution in [-0.4, -0.2) is 37.6 Å². The van der Waals surface area contributed by atoms with Crippen LogP contribution in [0.5, 0.6) is 0 Å². The van der Waals surface area contributed by atoms with E-state index >= 15 is 0 Å². The minimum atomic E-state index is -0.237. The molecule has 4 aromatic rings. The Bertz CT molecular complexity index is 1120. The molecule has 1 aliphatic rings. The summed E-state index contributed by atoms with van der Waals surface area (Å²) in [5.74, 6) is 1.03. The van der Waals surface area contributed by atoms with Gasteiger partial charge in [0.1, 0.15) is 5.82 Å². The third-order valence-corrected chi connectivity index (χ3v) is 5.57.